The van der Waals surface area contributed by atoms with Gasteiger partial charge in [-0.2, -0.15) is 0 Å². The number of sulfonamides is 1. The first-order valence-electron chi connectivity index (χ1n) is 8.13. The highest BCUT2D eigenvalue weighted by Gasteiger charge is 2.19. The molecule has 0 unspecified atom stereocenters. The van der Waals surface area contributed by atoms with E-state index >= 15 is 0 Å². The van der Waals surface area contributed by atoms with Gasteiger partial charge in [-0.15, -0.1) is 11.3 Å². The molecule has 6 nitrogen and oxygen atoms in total. The monoisotopic (exact) mass is 436 g/mol. The van der Waals surface area contributed by atoms with Crippen molar-refractivity contribution in [1.82, 2.24) is 0 Å². The Bertz CT molecular complexity index is 1110. The van der Waals surface area contributed by atoms with Gasteiger partial charge in [0.25, 0.3) is 15.9 Å². The van der Waals surface area contributed by atoms with E-state index in [1.54, 1.807) is 55.5 Å². The topological polar surface area (TPSA) is 84.5 Å². The minimum absolute atomic E-state index is 0.0744. The fraction of sp³-hybridized carbons (Fsp3) is 0.105. The van der Waals surface area contributed by atoms with E-state index in [2.05, 4.69) is 10.0 Å². The quantitative estimate of drug-likeness (QED) is 0.582. The normalized spacial score (nSPS) is 11.1. The third-order valence-electron chi connectivity index (χ3n) is 3.87. The summed E-state index contributed by atoms with van der Waals surface area (Å²) in [7, 11) is -2.31. The number of thiophene rings is 1. The van der Waals surface area contributed by atoms with Crippen molar-refractivity contribution in [2.75, 3.05) is 17.1 Å². The number of aryl methyl sites for hydroxylation is 1. The molecule has 1 heterocycles. The van der Waals surface area contributed by atoms with Gasteiger partial charge < -0.3 is 10.1 Å². The lowest BCUT2D eigenvalue weighted by molar-refractivity contribution is 0.103. The third kappa shape index (κ3) is 4.64. The highest BCUT2D eigenvalue weighted by Crippen LogP contribution is 2.26. The molecule has 0 spiro atoms. The maximum Gasteiger partial charge on any atom is 0.265 e. The second-order valence-electron chi connectivity index (χ2n) is 5.87. The van der Waals surface area contributed by atoms with Gasteiger partial charge in [0.15, 0.2) is 0 Å². The van der Waals surface area contributed by atoms with Gasteiger partial charge in [0.05, 0.1) is 21.2 Å². The minimum atomic E-state index is -3.84. The number of hydrogen-bond donors (Lipinski definition) is 2. The fourth-order valence-electron chi connectivity index (χ4n) is 2.47. The Balaban J connectivity index is 1.84. The summed E-state index contributed by atoms with van der Waals surface area (Å²) in [6.45, 7) is 1.69. The van der Waals surface area contributed by atoms with Crippen LogP contribution in [0.4, 0.5) is 11.4 Å². The van der Waals surface area contributed by atoms with Gasteiger partial charge in [-0.3, -0.25) is 9.52 Å². The molecular weight excluding hydrogens is 420 g/mol. The lowest BCUT2D eigenvalue weighted by Gasteiger charge is -2.13. The molecule has 3 rings (SSSR count). The van der Waals surface area contributed by atoms with Gasteiger partial charge in [0.1, 0.15) is 5.75 Å². The number of amides is 1. The summed E-state index contributed by atoms with van der Waals surface area (Å²) in [5.41, 5.74) is 1.33. The summed E-state index contributed by atoms with van der Waals surface area (Å²) in [6, 6.07) is 14.5. The molecule has 0 bridgehead atoms. The molecule has 1 aromatic heterocycles. The molecule has 0 radical (unpaired) electrons. The van der Waals surface area contributed by atoms with Gasteiger partial charge in [0, 0.05) is 11.4 Å². The van der Waals surface area contributed by atoms with E-state index in [9.17, 15) is 13.2 Å². The van der Waals surface area contributed by atoms with Gasteiger partial charge >= 0.3 is 0 Å². The molecule has 146 valence electrons. The summed E-state index contributed by atoms with van der Waals surface area (Å²) in [5, 5.41) is 2.69. The number of ether oxygens (including phenoxy) is 1. The molecule has 0 fully saturated rings. The van der Waals surface area contributed by atoms with Crippen LogP contribution in [-0.2, 0) is 10.0 Å². The number of methoxy groups -OCH3 is 1. The van der Waals surface area contributed by atoms with Crippen LogP contribution in [0.15, 0.2) is 59.5 Å². The van der Waals surface area contributed by atoms with Crippen LogP contribution in [0.3, 0.4) is 0 Å². The van der Waals surface area contributed by atoms with E-state index in [4.69, 9.17) is 16.3 Å². The predicted octanol–water partition coefficient (Wildman–Crippen LogP) is 4.77. The average Bonchev–Trinajstić information content (AvgIpc) is 3.10. The lowest BCUT2D eigenvalue weighted by Crippen LogP contribution is -2.16. The summed E-state index contributed by atoms with van der Waals surface area (Å²) in [4.78, 5) is 12.8. The molecule has 0 aliphatic carbocycles. The number of carbonyl (C=O) groups is 1. The molecule has 2 aromatic carbocycles. The maximum absolute atomic E-state index is 12.8. The van der Waals surface area contributed by atoms with E-state index in [-0.39, 0.29) is 10.8 Å². The zero-order chi connectivity index (χ0) is 20.3. The van der Waals surface area contributed by atoms with Crippen LogP contribution in [0.25, 0.3) is 0 Å². The summed E-state index contributed by atoms with van der Waals surface area (Å²) in [6.07, 6.45) is 0. The molecule has 0 saturated carbocycles. The standard InChI is InChI=1S/C19H17ClN2O4S2/c1-12-3-4-14(21-19(23)16-9-10-18(20)27-16)11-17(12)28(24,25)22-13-5-7-15(26-2)8-6-13/h3-11,22H,1-2H3,(H,21,23). The van der Waals surface area contributed by atoms with Gasteiger partial charge in [-0.25, -0.2) is 8.42 Å². The Morgan fingerprint density at radius 2 is 1.71 bits per heavy atom. The molecule has 2 N–H and O–H groups in total. The van der Waals surface area contributed by atoms with Crippen molar-refractivity contribution < 1.29 is 17.9 Å². The van der Waals surface area contributed by atoms with Crippen molar-refractivity contribution in [3.05, 3.63) is 69.4 Å². The molecule has 0 aliphatic heterocycles. The van der Waals surface area contributed by atoms with Crippen molar-refractivity contribution in [3.63, 3.8) is 0 Å². The first-order chi connectivity index (χ1) is 13.3. The molecule has 1 amide bonds. The lowest BCUT2D eigenvalue weighted by atomic mass is 10.2. The number of halogens is 1. The van der Waals surface area contributed by atoms with Crippen LogP contribution in [-0.4, -0.2) is 21.4 Å². The number of carbonyl (C=O) groups excluding carboxylic acids is 1. The van der Waals surface area contributed by atoms with E-state index in [0.29, 0.717) is 31.9 Å². The van der Waals surface area contributed by atoms with E-state index in [0.717, 1.165) is 11.3 Å². The Hall–Kier alpha value is -2.55. The van der Waals surface area contributed by atoms with Crippen LogP contribution in [0, 0.1) is 6.92 Å². The van der Waals surface area contributed by atoms with Crippen molar-refractivity contribution in [2.24, 2.45) is 0 Å². The Morgan fingerprint density at radius 3 is 2.32 bits per heavy atom. The van der Waals surface area contributed by atoms with Crippen molar-refractivity contribution in [1.29, 1.82) is 0 Å². The number of benzene rings is 2. The van der Waals surface area contributed by atoms with Crippen LogP contribution in [0.5, 0.6) is 5.75 Å². The van der Waals surface area contributed by atoms with Crippen LogP contribution >= 0.6 is 22.9 Å². The molecular formula is C19H17ClN2O4S2. The molecule has 0 atom stereocenters. The molecule has 9 heteroatoms. The molecule has 0 saturated heterocycles. The smallest absolute Gasteiger partial charge is 0.265 e. The van der Waals surface area contributed by atoms with Gasteiger partial charge in [0.2, 0.25) is 0 Å². The van der Waals surface area contributed by atoms with Crippen LogP contribution in [0.1, 0.15) is 15.2 Å². The highest BCUT2D eigenvalue weighted by molar-refractivity contribution is 7.92. The largest absolute Gasteiger partial charge is 0.497 e. The van der Waals surface area contributed by atoms with Crippen LogP contribution in [0.2, 0.25) is 4.34 Å². The Morgan fingerprint density at radius 1 is 1.04 bits per heavy atom. The molecule has 0 aliphatic rings. The number of nitrogens with one attached hydrogen (secondary N) is 2. The van der Waals surface area contributed by atoms with Gasteiger partial charge in [-0.05, 0) is 61.0 Å². The van der Waals surface area contributed by atoms with E-state index in [1.807, 2.05) is 0 Å². The second kappa shape index (κ2) is 8.22. The SMILES string of the molecule is COc1ccc(NS(=O)(=O)c2cc(NC(=O)c3ccc(Cl)s3)ccc2C)cc1. The van der Waals surface area contributed by atoms with Gasteiger partial charge in [-0.1, -0.05) is 17.7 Å². The fourth-order valence-corrected chi connectivity index (χ4v) is 4.73. The zero-order valence-electron chi connectivity index (χ0n) is 15.0. The first-order valence-corrected chi connectivity index (χ1v) is 10.8. The molecule has 28 heavy (non-hydrogen) atoms. The van der Waals surface area contributed by atoms with Crippen molar-refractivity contribution >= 4 is 50.2 Å². The van der Waals surface area contributed by atoms with Crippen molar-refractivity contribution in [2.45, 2.75) is 11.8 Å². The number of anilines is 2. The minimum Gasteiger partial charge on any atom is -0.497 e. The summed E-state index contributed by atoms with van der Waals surface area (Å²) < 4.78 is 33.7. The van der Waals surface area contributed by atoms with E-state index in [1.165, 1.54) is 13.2 Å². The maximum atomic E-state index is 12.8. The number of rotatable bonds is 6. The highest BCUT2D eigenvalue weighted by atomic mass is 35.5. The van der Waals surface area contributed by atoms with E-state index < -0.39 is 10.0 Å². The Kier molecular flexibility index (Phi) is 5.93. The average molecular weight is 437 g/mol. The Labute approximate surface area is 172 Å². The second-order valence-corrected chi connectivity index (χ2v) is 9.24. The molecule has 3 aromatic rings. The number of hydrogen-bond acceptors (Lipinski definition) is 5. The summed E-state index contributed by atoms with van der Waals surface area (Å²) in [5.74, 6) is 0.268. The summed E-state index contributed by atoms with van der Waals surface area (Å²) >= 11 is 7.00. The van der Waals surface area contributed by atoms with Crippen molar-refractivity contribution in [3.8, 4) is 5.75 Å². The predicted molar refractivity (Wildman–Crippen MR) is 112 cm³/mol. The zero-order valence-corrected chi connectivity index (χ0v) is 17.4. The first kappa shape index (κ1) is 20.2. The third-order valence-corrected chi connectivity index (χ3v) is 6.63. The van der Waals surface area contributed by atoms with Crippen LogP contribution < -0.4 is 14.8 Å².